The smallest absolute Gasteiger partial charge is 0.159 e. The molecule has 0 saturated carbocycles. The maximum atomic E-state index is 6.84. The first-order chi connectivity index (χ1) is 31.6. The molecule has 316 valence electrons. The number of fused-ring (bicyclic) bond motifs is 6. The van der Waals surface area contributed by atoms with Crippen molar-refractivity contribution in [2.24, 2.45) is 0 Å². The second-order valence-electron chi connectivity index (χ2n) is 18.7. The average molecular weight is 843 g/mol. The minimum Gasteiger partial charge on any atom is -0.454 e. The molecule has 4 nitrogen and oxygen atoms in total. The molecular weight excluding hydrogens is 793 g/mol. The molecule has 0 fully saturated rings. The van der Waals surface area contributed by atoms with Gasteiger partial charge in [0, 0.05) is 43.7 Å². The Morgan fingerprint density at radius 3 is 1.26 bits per heavy atom. The summed E-state index contributed by atoms with van der Waals surface area (Å²) in [5.74, 6) is 0.501. The molecular formula is C61H50N2O2. The predicted molar refractivity (Wildman–Crippen MR) is 276 cm³/mol. The van der Waals surface area contributed by atoms with Crippen LogP contribution in [0.3, 0.4) is 0 Å². The summed E-state index contributed by atoms with van der Waals surface area (Å²) >= 11 is 0. The standard InChI is InChI=1S/C61H50N2O2/c1-35(2)50-33-54(62(40-16-12-15-37(5)30-40)52-21-13-19-46-42-17-8-10-23-56(42)64-60(46)52)48-27-25-45-51(36(3)4)34-55(49-28-26-44(50)58(48)59(45)49)63(41-31-38(6)29-39(7)32-41)53-22-14-20-47-43-18-9-11-24-57(43)65-61(47)53/h8-36H,1-7H3. The first-order valence-electron chi connectivity index (χ1n) is 23.0. The zero-order valence-electron chi connectivity index (χ0n) is 38.0. The quantitative estimate of drug-likeness (QED) is 0.143. The van der Waals surface area contributed by atoms with Crippen LogP contribution >= 0.6 is 0 Å². The van der Waals surface area contributed by atoms with Gasteiger partial charge in [0.1, 0.15) is 11.2 Å². The largest absolute Gasteiger partial charge is 0.454 e. The lowest BCUT2D eigenvalue weighted by molar-refractivity contribution is 0.668. The van der Waals surface area contributed by atoms with Crippen molar-refractivity contribution < 1.29 is 8.83 Å². The molecule has 2 heterocycles. The molecule has 0 atom stereocenters. The van der Waals surface area contributed by atoms with Gasteiger partial charge in [0.05, 0.1) is 22.7 Å². The first-order valence-corrected chi connectivity index (χ1v) is 23.0. The SMILES string of the molecule is Cc1cccc(N(c2cc(C(C)C)c3ccc4c(N(c5cc(C)cc(C)c5)c5cccc6c5oc5ccccc56)cc(C(C)C)c5ccc2c3c54)c2cccc3c2oc2ccccc23)c1. The van der Waals surface area contributed by atoms with Gasteiger partial charge in [-0.3, -0.25) is 0 Å². The van der Waals surface area contributed by atoms with Gasteiger partial charge >= 0.3 is 0 Å². The molecule has 0 spiro atoms. The van der Waals surface area contributed by atoms with E-state index >= 15 is 0 Å². The molecule has 65 heavy (non-hydrogen) atoms. The minimum absolute atomic E-state index is 0.250. The van der Waals surface area contributed by atoms with E-state index < -0.39 is 0 Å². The molecule has 0 amide bonds. The third kappa shape index (κ3) is 6.04. The molecule has 0 radical (unpaired) electrons. The fraction of sp³-hybridized carbons (Fsp3) is 0.148. The normalized spacial score (nSPS) is 12.2. The van der Waals surface area contributed by atoms with Gasteiger partial charge in [0.15, 0.2) is 11.2 Å². The second-order valence-corrected chi connectivity index (χ2v) is 18.7. The summed E-state index contributed by atoms with van der Waals surface area (Å²) in [6, 6.07) is 60.1. The van der Waals surface area contributed by atoms with Crippen LogP contribution in [-0.4, -0.2) is 0 Å². The number of nitrogens with zero attached hydrogens (tertiary/aromatic N) is 2. The summed E-state index contributed by atoms with van der Waals surface area (Å²) in [5, 5.41) is 12.0. The fourth-order valence-corrected chi connectivity index (χ4v) is 10.8. The van der Waals surface area contributed by atoms with Crippen LogP contribution in [0.5, 0.6) is 0 Å². The van der Waals surface area contributed by atoms with Gasteiger partial charge in [0.2, 0.25) is 0 Å². The average Bonchev–Trinajstić information content (AvgIpc) is 3.88. The Bertz CT molecular complexity index is 3830. The number of furan rings is 2. The van der Waals surface area contributed by atoms with Crippen molar-refractivity contribution in [3.05, 3.63) is 192 Å². The third-order valence-corrected chi connectivity index (χ3v) is 13.6. The zero-order chi connectivity index (χ0) is 44.2. The van der Waals surface area contributed by atoms with Gasteiger partial charge in [-0.2, -0.15) is 0 Å². The highest BCUT2D eigenvalue weighted by Gasteiger charge is 2.28. The topological polar surface area (TPSA) is 32.8 Å². The molecule has 0 N–H and O–H groups in total. The van der Waals surface area contributed by atoms with E-state index in [0.29, 0.717) is 0 Å². The highest BCUT2D eigenvalue weighted by atomic mass is 16.3. The Kier molecular flexibility index (Phi) is 8.87. The molecule has 0 unspecified atom stereocenters. The van der Waals surface area contributed by atoms with E-state index in [1.165, 1.54) is 60.1 Å². The molecule has 0 bridgehead atoms. The Morgan fingerprint density at radius 2 is 0.769 bits per heavy atom. The molecule has 12 rings (SSSR count). The summed E-state index contributed by atoms with van der Waals surface area (Å²) in [7, 11) is 0. The van der Waals surface area contributed by atoms with E-state index in [0.717, 1.165) is 78.0 Å². The van der Waals surface area contributed by atoms with E-state index in [2.05, 4.69) is 222 Å². The zero-order valence-corrected chi connectivity index (χ0v) is 38.0. The van der Waals surface area contributed by atoms with Crippen molar-refractivity contribution in [2.45, 2.75) is 60.3 Å². The lowest BCUT2D eigenvalue weighted by atomic mass is 9.84. The number of aryl methyl sites for hydroxylation is 3. The maximum Gasteiger partial charge on any atom is 0.159 e. The number of rotatable bonds is 8. The monoisotopic (exact) mass is 842 g/mol. The second kappa shape index (κ2) is 14.8. The third-order valence-electron chi connectivity index (χ3n) is 13.6. The highest BCUT2D eigenvalue weighted by molar-refractivity contribution is 6.30. The maximum absolute atomic E-state index is 6.84. The molecule has 0 aliphatic heterocycles. The van der Waals surface area contributed by atoms with Crippen LogP contribution in [0.15, 0.2) is 173 Å². The van der Waals surface area contributed by atoms with Gasteiger partial charge in [-0.15, -0.1) is 0 Å². The Labute approximate surface area is 379 Å². The van der Waals surface area contributed by atoms with Crippen molar-refractivity contribution in [3.8, 4) is 0 Å². The highest BCUT2D eigenvalue weighted by Crippen LogP contribution is 2.53. The molecule has 12 aromatic rings. The van der Waals surface area contributed by atoms with Gasteiger partial charge in [-0.1, -0.05) is 131 Å². The van der Waals surface area contributed by atoms with E-state index in [4.69, 9.17) is 8.83 Å². The number of benzene rings is 10. The molecule has 0 aliphatic rings. The predicted octanol–water partition coefficient (Wildman–Crippen LogP) is 18.5. The minimum atomic E-state index is 0.250. The lowest BCUT2D eigenvalue weighted by Gasteiger charge is -2.31. The van der Waals surface area contributed by atoms with Crippen LogP contribution in [-0.2, 0) is 0 Å². The van der Waals surface area contributed by atoms with Gasteiger partial charge in [-0.05, 0) is 143 Å². The Hall–Kier alpha value is -7.56. The summed E-state index contributed by atoms with van der Waals surface area (Å²) < 4.78 is 13.7. The van der Waals surface area contributed by atoms with Crippen molar-refractivity contribution >= 4 is 110 Å². The van der Waals surface area contributed by atoms with Gasteiger partial charge < -0.3 is 18.6 Å². The van der Waals surface area contributed by atoms with Crippen LogP contribution in [0, 0.1) is 20.8 Å². The molecule has 10 aromatic carbocycles. The lowest BCUT2D eigenvalue weighted by Crippen LogP contribution is -2.13. The van der Waals surface area contributed by atoms with Crippen molar-refractivity contribution in [3.63, 3.8) is 0 Å². The van der Waals surface area contributed by atoms with E-state index in [1.54, 1.807) is 0 Å². The Morgan fingerprint density at radius 1 is 0.338 bits per heavy atom. The van der Waals surface area contributed by atoms with Crippen molar-refractivity contribution in [2.75, 3.05) is 9.80 Å². The first kappa shape index (κ1) is 39.1. The molecule has 4 heteroatoms. The Balaban J connectivity index is 1.22. The van der Waals surface area contributed by atoms with Crippen LogP contribution in [0.4, 0.5) is 34.1 Å². The summed E-state index contributed by atoms with van der Waals surface area (Å²) in [6.45, 7) is 15.9. The summed E-state index contributed by atoms with van der Waals surface area (Å²) in [4.78, 5) is 4.91. The van der Waals surface area contributed by atoms with Crippen LogP contribution in [0.2, 0.25) is 0 Å². The van der Waals surface area contributed by atoms with Crippen molar-refractivity contribution in [1.82, 2.24) is 0 Å². The van der Waals surface area contributed by atoms with E-state index in [9.17, 15) is 0 Å². The van der Waals surface area contributed by atoms with Gasteiger partial charge in [0.25, 0.3) is 0 Å². The number of para-hydroxylation sites is 4. The fourth-order valence-electron chi connectivity index (χ4n) is 10.8. The molecule has 0 aliphatic carbocycles. The van der Waals surface area contributed by atoms with Crippen LogP contribution < -0.4 is 9.80 Å². The summed E-state index contributed by atoms with van der Waals surface area (Å²) in [5.41, 5.74) is 16.3. The van der Waals surface area contributed by atoms with Crippen LogP contribution in [0.1, 0.15) is 67.3 Å². The molecule has 0 saturated heterocycles. The van der Waals surface area contributed by atoms with E-state index in [-0.39, 0.29) is 11.8 Å². The summed E-state index contributed by atoms with van der Waals surface area (Å²) in [6.07, 6.45) is 0. The van der Waals surface area contributed by atoms with Crippen LogP contribution in [0.25, 0.3) is 76.2 Å². The number of hydrogen-bond acceptors (Lipinski definition) is 4. The number of hydrogen-bond donors (Lipinski definition) is 0. The molecule has 2 aromatic heterocycles. The van der Waals surface area contributed by atoms with E-state index in [1.807, 2.05) is 0 Å². The van der Waals surface area contributed by atoms with Crippen molar-refractivity contribution in [1.29, 1.82) is 0 Å². The number of anilines is 6. The van der Waals surface area contributed by atoms with Gasteiger partial charge in [-0.25, -0.2) is 0 Å².